The zero-order chi connectivity index (χ0) is 11.7. The third-order valence-electron chi connectivity index (χ3n) is 2.17. The Morgan fingerprint density at radius 1 is 1.40 bits per heavy atom. The number of carbonyl (C=O) groups is 1. The second-order valence-corrected chi connectivity index (χ2v) is 4.29. The Bertz CT molecular complexity index is 172. The van der Waals surface area contributed by atoms with Gasteiger partial charge in [-0.1, -0.05) is 13.8 Å². The smallest absolute Gasteiger partial charge is 0.220 e. The molecule has 0 aliphatic rings. The molecule has 90 valence electrons. The zero-order valence-corrected chi connectivity index (χ0v) is 10.1. The fourth-order valence-electron chi connectivity index (χ4n) is 1.20. The van der Waals surface area contributed by atoms with Gasteiger partial charge in [-0.2, -0.15) is 0 Å². The van der Waals surface area contributed by atoms with Gasteiger partial charge in [0.2, 0.25) is 5.91 Å². The Hall–Kier alpha value is -0.610. The molecule has 0 aromatic rings. The lowest BCUT2D eigenvalue weighted by Crippen LogP contribution is -2.32. The summed E-state index contributed by atoms with van der Waals surface area (Å²) in [7, 11) is 1.63. The molecule has 0 heterocycles. The van der Waals surface area contributed by atoms with Crippen molar-refractivity contribution in [3.05, 3.63) is 0 Å². The second-order valence-electron chi connectivity index (χ2n) is 4.29. The van der Waals surface area contributed by atoms with E-state index in [0.29, 0.717) is 25.5 Å². The van der Waals surface area contributed by atoms with Crippen LogP contribution in [0.1, 0.15) is 33.1 Å². The maximum atomic E-state index is 11.3. The van der Waals surface area contributed by atoms with Crippen LogP contribution in [-0.2, 0) is 9.53 Å². The Morgan fingerprint density at radius 3 is 2.60 bits per heavy atom. The summed E-state index contributed by atoms with van der Waals surface area (Å²) >= 11 is 0. The van der Waals surface area contributed by atoms with Crippen molar-refractivity contribution in [1.29, 1.82) is 0 Å². The zero-order valence-electron chi connectivity index (χ0n) is 10.1. The molecule has 0 aliphatic heterocycles. The van der Waals surface area contributed by atoms with Crippen molar-refractivity contribution in [2.45, 2.75) is 39.2 Å². The van der Waals surface area contributed by atoms with Gasteiger partial charge in [-0.05, 0) is 18.8 Å². The fraction of sp³-hybridized carbons (Fsp3) is 0.909. The average Bonchev–Trinajstić information content (AvgIpc) is 2.15. The highest BCUT2D eigenvalue weighted by Gasteiger charge is 2.05. The first kappa shape index (κ1) is 14.4. The molecule has 0 rings (SSSR count). The Balaban J connectivity index is 3.38. The van der Waals surface area contributed by atoms with E-state index in [-0.39, 0.29) is 11.9 Å². The number of hydrogen-bond acceptors (Lipinski definition) is 3. The first-order chi connectivity index (χ1) is 7.06. The number of rotatable bonds is 8. The Morgan fingerprint density at radius 2 is 2.07 bits per heavy atom. The third kappa shape index (κ3) is 9.69. The van der Waals surface area contributed by atoms with Crippen LogP contribution in [-0.4, -0.2) is 32.2 Å². The van der Waals surface area contributed by atoms with Crippen LogP contribution in [0.2, 0.25) is 0 Å². The van der Waals surface area contributed by atoms with Crippen molar-refractivity contribution in [2.24, 2.45) is 11.7 Å². The van der Waals surface area contributed by atoms with Gasteiger partial charge < -0.3 is 15.8 Å². The molecule has 0 bridgehead atoms. The Labute approximate surface area is 92.6 Å². The topological polar surface area (TPSA) is 64.3 Å². The van der Waals surface area contributed by atoms with E-state index in [1.54, 1.807) is 7.11 Å². The summed E-state index contributed by atoms with van der Waals surface area (Å²) in [5, 5.41) is 2.85. The highest BCUT2D eigenvalue weighted by atomic mass is 16.5. The summed E-state index contributed by atoms with van der Waals surface area (Å²) in [5.41, 5.74) is 5.72. The molecule has 0 aromatic heterocycles. The largest absolute Gasteiger partial charge is 0.383 e. The summed E-state index contributed by atoms with van der Waals surface area (Å²) in [5.74, 6) is 0.694. The van der Waals surface area contributed by atoms with Crippen molar-refractivity contribution in [1.82, 2.24) is 5.32 Å². The van der Waals surface area contributed by atoms with Gasteiger partial charge in [0, 0.05) is 26.1 Å². The van der Waals surface area contributed by atoms with Crippen molar-refractivity contribution < 1.29 is 9.53 Å². The van der Waals surface area contributed by atoms with E-state index in [0.717, 1.165) is 12.8 Å². The van der Waals surface area contributed by atoms with Crippen LogP contribution in [0.15, 0.2) is 0 Å². The summed E-state index contributed by atoms with van der Waals surface area (Å²) < 4.78 is 4.90. The highest BCUT2D eigenvalue weighted by molar-refractivity contribution is 5.75. The normalized spacial score (nSPS) is 12.9. The van der Waals surface area contributed by atoms with Crippen LogP contribution in [0.4, 0.5) is 0 Å². The quantitative estimate of drug-likeness (QED) is 0.633. The van der Waals surface area contributed by atoms with Gasteiger partial charge in [-0.15, -0.1) is 0 Å². The lowest BCUT2D eigenvalue weighted by molar-refractivity contribution is -0.121. The number of amides is 1. The van der Waals surface area contributed by atoms with Crippen LogP contribution in [0, 0.1) is 5.92 Å². The number of carbonyl (C=O) groups excluding carboxylic acids is 1. The van der Waals surface area contributed by atoms with Gasteiger partial charge in [0.05, 0.1) is 6.61 Å². The summed E-state index contributed by atoms with van der Waals surface area (Å²) in [6, 6.07) is 0.0143. The lowest BCUT2D eigenvalue weighted by Gasteiger charge is -2.11. The standard InChI is InChI=1S/C11H24N2O2/c1-9(2)4-5-11(14)13-7-6-10(12)8-15-3/h9-10H,4-8,12H2,1-3H3,(H,13,14). The van der Waals surface area contributed by atoms with Gasteiger partial charge in [0.25, 0.3) is 0 Å². The molecule has 0 fully saturated rings. The van der Waals surface area contributed by atoms with Crippen molar-refractivity contribution in [3.63, 3.8) is 0 Å². The molecule has 1 amide bonds. The summed E-state index contributed by atoms with van der Waals surface area (Å²) in [6.07, 6.45) is 2.31. The monoisotopic (exact) mass is 216 g/mol. The molecule has 4 nitrogen and oxygen atoms in total. The first-order valence-corrected chi connectivity index (χ1v) is 5.57. The summed E-state index contributed by atoms with van der Waals surface area (Å²) in [6.45, 7) is 5.41. The number of nitrogens with two attached hydrogens (primary N) is 1. The van der Waals surface area contributed by atoms with Gasteiger partial charge in [-0.25, -0.2) is 0 Å². The number of hydrogen-bond donors (Lipinski definition) is 2. The molecular formula is C11H24N2O2. The summed E-state index contributed by atoms with van der Waals surface area (Å²) in [4.78, 5) is 11.3. The Kier molecular flexibility index (Phi) is 8.33. The third-order valence-corrected chi connectivity index (χ3v) is 2.17. The van der Waals surface area contributed by atoms with E-state index < -0.39 is 0 Å². The SMILES string of the molecule is COCC(N)CCNC(=O)CCC(C)C. The van der Waals surface area contributed by atoms with Crippen LogP contribution in [0.25, 0.3) is 0 Å². The van der Waals surface area contributed by atoms with Gasteiger partial charge in [0.1, 0.15) is 0 Å². The van der Waals surface area contributed by atoms with Crippen molar-refractivity contribution in [2.75, 3.05) is 20.3 Å². The van der Waals surface area contributed by atoms with E-state index in [1.165, 1.54) is 0 Å². The van der Waals surface area contributed by atoms with E-state index in [9.17, 15) is 4.79 Å². The molecule has 0 saturated carbocycles. The van der Waals surface area contributed by atoms with Crippen LogP contribution in [0.3, 0.4) is 0 Å². The minimum absolute atomic E-state index is 0.0143. The highest BCUT2D eigenvalue weighted by Crippen LogP contribution is 2.02. The fourth-order valence-corrected chi connectivity index (χ4v) is 1.20. The molecule has 4 heteroatoms. The van der Waals surface area contributed by atoms with E-state index in [2.05, 4.69) is 19.2 Å². The molecule has 0 spiro atoms. The molecule has 0 aromatic carbocycles. The van der Waals surface area contributed by atoms with Gasteiger partial charge in [0.15, 0.2) is 0 Å². The van der Waals surface area contributed by atoms with Crippen molar-refractivity contribution in [3.8, 4) is 0 Å². The van der Waals surface area contributed by atoms with Gasteiger partial charge in [-0.3, -0.25) is 4.79 Å². The van der Waals surface area contributed by atoms with Gasteiger partial charge >= 0.3 is 0 Å². The average molecular weight is 216 g/mol. The molecular weight excluding hydrogens is 192 g/mol. The minimum atomic E-state index is 0.0143. The molecule has 15 heavy (non-hydrogen) atoms. The molecule has 0 saturated heterocycles. The van der Waals surface area contributed by atoms with Crippen LogP contribution >= 0.6 is 0 Å². The molecule has 0 radical (unpaired) electrons. The first-order valence-electron chi connectivity index (χ1n) is 5.57. The molecule has 1 unspecified atom stereocenters. The maximum absolute atomic E-state index is 11.3. The minimum Gasteiger partial charge on any atom is -0.383 e. The molecule has 0 aliphatic carbocycles. The van der Waals surface area contributed by atoms with E-state index >= 15 is 0 Å². The predicted molar refractivity (Wildman–Crippen MR) is 61.6 cm³/mol. The van der Waals surface area contributed by atoms with Crippen molar-refractivity contribution >= 4 is 5.91 Å². The van der Waals surface area contributed by atoms with Crippen LogP contribution in [0.5, 0.6) is 0 Å². The van der Waals surface area contributed by atoms with E-state index in [1.807, 2.05) is 0 Å². The van der Waals surface area contributed by atoms with E-state index in [4.69, 9.17) is 10.5 Å². The predicted octanol–water partition coefficient (Wildman–Crippen LogP) is 0.903. The second kappa shape index (κ2) is 8.68. The molecule has 3 N–H and O–H groups in total. The lowest BCUT2D eigenvalue weighted by atomic mass is 10.1. The number of ether oxygens (including phenoxy) is 1. The maximum Gasteiger partial charge on any atom is 0.220 e. The molecule has 1 atom stereocenters. The number of methoxy groups -OCH3 is 1. The van der Waals surface area contributed by atoms with Crippen LogP contribution < -0.4 is 11.1 Å². The number of nitrogens with one attached hydrogen (secondary N) is 1.